The molecule has 2 aliphatic heterocycles. The molecular weight excluding hydrogens is 246 g/mol. The lowest BCUT2D eigenvalue weighted by atomic mass is 9.99. The van der Waals surface area contributed by atoms with Gasteiger partial charge in [-0.05, 0) is 55.8 Å². The third kappa shape index (κ3) is 2.70. The molecule has 2 atom stereocenters. The number of hydrogen-bond acceptors (Lipinski definition) is 3. The van der Waals surface area contributed by atoms with Crippen molar-refractivity contribution >= 4 is 5.69 Å². The molecule has 1 fully saturated rings. The van der Waals surface area contributed by atoms with Gasteiger partial charge in [-0.25, -0.2) is 0 Å². The average Bonchev–Trinajstić information content (AvgIpc) is 2.80. The topological polar surface area (TPSA) is 32.5 Å². The second-order valence-corrected chi connectivity index (χ2v) is 6.60. The van der Waals surface area contributed by atoms with Crippen LogP contribution in [-0.4, -0.2) is 37.6 Å². The van der Waals surface area contributed by atoms with Crippen LogP contribution >= 0.6 is 0 Å². The summed E-state index contributed by atoms with van der Waals surface area (Å²) in [5, 5.41) is 0. The van der Waals surface area contributed by atoms with Gasteiger partial charge in [-0.3, -0.25) is 4.90 Å². The van der Waals surface area contributed by atoms with Crippen LogP contribution in [0.1, 0.15) is 30.9 Å². The Bertz CT molecular complexity index is 471. The number of nitrogens with zero attached hydrogens (tertiary/aromatic N) is 2. The molecule has 3 heteroatoms. The van der Waals surface area contributed by atoms with Crippen molar-refractivity contribution in [2.45, 2.75) is 38.8 Å². The molecule has 1 saturated heterocycles. The summed E-state index contributed by atoms with van der Waals surface area (Å²) >= 11 is 0. The Morgan fingerprint density at radius 3 is 2.95 bits per heavy atom. The molecule has 0 spiro atoms. The van der Waals surface area contributed by atoms with Gasteiger partial charge in [0.1, 0.15) is 0 Å². The van der Waals surface area contributed by atoms with Crippen LogP contribution in [0.3, 0.4) is 0 Å². The molecule has 110 valence electrons. The molecule has 0 saturated carbocycles. The van der Waals surface area contributed by atoms with Crippen molar-refractivity contribution in [3.05, 3.63) is 29.3 Å². The quantitative estimate of drug-likeness (QED) is 0.917. The van der Waals surface area contributed by atoms with Gasteiger partial charge in [0.25, 0.3) is 0 Å². The van der Waals surface area contributed by atoms with Crippen molar-refractivity contribution < 1.29 is 0 Å². The molecule has 2 unspecified atom stereocenters. The fourth-order valence-corrected chi connectivity index (χ4v) is 3.78. The van der Waals surface area contributed by atoms with Crippen molar-refractivity contribution in [2.24, 2.45) is 11.7 Å². The lowest BCUT2D eigenvalue weighted by Crippen LogP contribution is -2.28. The third-order valence-corrected chi connectivity index (χ3v) is 5.00. The number of rotatable bonds is 3. The maximum Gasteiger partial charge on any atom is 0.0396 e. The van der Waals surface area contributed by atoms with Gasteiger partial charge < -0.3 is 10.6 Å². The maximum absolute atomic E-state index is 5.83. The molecule has 3 rings (SSSR count). The minimum Gasteiger partial charge on any atom is -0.374 e. The number of likely N-dealkylation sites (tertiary alicyclic amines) is 1. The Kier molecular flexibility index (Phi) is 3.99. The lowest BCUT2D eigenvalue weighted by molar-refractivity contribution is 0.256. The van der Waals surface area contributed by atoms with Gasteiger partial charge >= 0.3 is 0 Å². The fraction of sp³-hybridized carbons (Fsp3) is 0.647. The van der Waals surface area contributed by atoms with Crippen molar-refractivity contribution in [2.75, 3.05) is 31.6 Å². The Hall–Kier alpha value is -1.06. The molecule has 1 aromatic rings. The number of hydrogen-bond donors (Lipinski definition) is 1. The van der Waals surface area contributed by atoms with Crippen LogP contribution in [0, 0.1) is 5.92 Å². The predicted octanol–water partition coefficient (Wildman–Crippen LogP) is 2.24. The minimum atomic E-state index is 0.669. The van der Waals surface area contributed by atoms with E-state index >= 15 is 0 Å². The minimum absolute atomic E-state index is 0.669. The Labute approximate surface area is 122 Å². The number of fused-ring (bicyclic) bond motifs is 1. The van der Waals surface area contributed by atoms with E-state index in [1.165, 1.54) is 42.6 Å². The van der Waals surface area contributed by atoms with Crippen LogP contribution in [0.25, 0.3) is 0 Å². The van der Waals surface area contributed by atoms with Crippen molar-refractivity contribution in [3.63, 3.8) is 0 Å². The number of aryl methyl sites for hydroxylation is 1. The van der Waals surface area contributed by atoms with Gasteiger partial charge in [0, 0.05) is 38.4 Å². The summed E-state index contributed by atoms with van der Waals surface area (Å²) in [5.41, 5.74) is 10.2. The zero-order valence-corrected chi connectivity index (χ0v) is 12.8. The number of anilines is 1. The van der Waals surface area contributed by atoms with E-state index in [-0.39, 0.29) is 0 Å². The average molecular weight is 273 g/mol. The molecule has 0 amide bonds. The van der Waals surface area contributed by atoms with Crippen LogP contribution in [0.15, 0.2) is 18.2 Å². The van der Waals surface area contributed by atoms with Crippen LogP contribution < -0.4 is 10.6 Å². The van der Waals surface area contributed by atoms with E-state index in [1.807, 2.05) is 0 Å². The standard InChI is InChI=1S/C17H27N3/c1-13-8-15(10-18)12-20(13)11-14-5-6-17-16(9-14)4-3-7-19(17)2/h5-6,9,13,15H,3-4,7-8,10-12,18H2,1-2H3. The van der Waals surface area contributed by atoms with Gasteiger partial charge in [0.05, 0.1) is 0 Å². The molecule has 3 nitrogen and oxygen atoms in total. The van der Waals surface area contributed by atoms with E-state index in [4.69, 9.17) is 5.73 Å². The van der Waals surface area contributed by atoms with E-state index in [2.05, 4.69) is 42.0 Å². The van der Waals surface area contributed by atoms with Crippen molar-refractivity contribution in [3.8, 4) is 0 Å². The SMILES string of the molecule is CC1CC(CN)CN1Cc1ccc2c(c1)CCCN2C. The lowest BCUT2D eigenvalue weighted by Gasteiger charge is -2.28. The number of nitrogens with two attached hydrogens (primary N) is 1. The summed E-state index contributed by atoms with van der Waals surface area (Å²) in [6, 6.07) is 7.71. The Morgan fingerprint density at radius 1 is 1.35 bits per heavy atom. The van der Waals surface area contributed by atoms with Crippen LogP contribution in [0.2, 0.25) is 0 Å². The molecular formula is C17H27N3. The van der Waals surface area contributed by atoms with Crippen molar-refractivity contribution in [1.29, 1.82) is 0 Å². The Balaban J connectivity index is 1.72. The van der Waals surface area contributed by atoms with Crippen LogP contribution in [0.5, 0.6) is 0 Å². The highest BCUT2D eigenvalue weighted by Gasteiger charge is 2.28. The summed E-state index contributed by atoms with van der Waals surface area (Å²) in [6.07, 6.45) is 3.76. The molecule has 2 N–H and O–H groups in total. The highest BCUT2D eigenvalue weighted by Crippen LogP contribution is 2.29. The summed E-state index contributed by atoms with van der Waals surface area (Å²) < 4.78 is 0. The first kappa shape index (κ1) is 13.9. The van der Waals surface area contributed by atoms with E-state index in [0.29, 0.717) is 12.0 Å². The third-order valence-electron chi connectivity index (χ3n) is 5.00. The fourth-order valence-electron chi connectivity index (χ4n) is 3.78. The van der Waals surface area contributed by atoms with E-state index in [1.54, 1.807) is 0 Å². The van der Waals surface area contributed by atoms with E-state index in [0.717, 1.165) is 19.6 Å². The van der Waals surface area contributed by atoms with Crippen molar-refractivity contribution in [1.82, 2.24) is 4.90 Å². The van der Waals surface area contributed by atoms with E-state index < -0.39 is 0 Å². The van der Waals surface area contributed by atoms with E-state index in [9.17, 15) is 0 Å². The second kappa shape index (κ2) is 5.74. The summed E-state index contributed by atoms with van der Waals surface area (Å²) in [4.78, 5) is 4.97. The zero-order chi connectivity index (χ0) is 14.1. The largest absolute Gasteiger partial charge is 0.374 e. The van der Waals surface area contributed by atoms with Gasteiger partial charge in [-0.2, -0.15) is 0 Å². The smallest absolute Gasteiger partial charge is 0.0396 e. The molecule has 0 aliphatic carbocycles. The predicted molar refractivity (Wildman–Crippen MR) is 85.1 cm³/mol. The molecule has 2 heterocycles. The monoisotopic (exact) mass is 273 g/mol. The zero-order valence-electron chi connectivity index (χ0n) is 12.8. The van der Waals surface area contributed by atoms with Gasteiger partial charge in [-0.1, -0.05) is 12.1 Å². The summed E-state index contributed by atoms with van der Waals surface area (Å²) in [6.45, 7) is 6.59. The first-order valence-corrected chi connectivity index (χ1v) is 7.94. The summed E-state index contributed by atoms with van der Waals surface area (Å²) in [7, 11) is 2.20. The summed E-state index contributed by atoms with van der Waals surface area (Å²) in [5.74, 6) is 0.689. The normalized spacial score (nSPS) is 26.9. The second-order valence-electron chi connectivity index (χ2n) is 6.60. The maximum atomic E-state index is 5.83. The molecule has 20 heavy (non-hydrogen) atoms. The first-order chi connectivity index (χ1) is 9.67. The van der Waals surface area contributed by atoms with Gasteiger partial charge in [0.2, 0.25) is 0 Å². The highest BCUT2D eigenvalue weighted by atomic mass is 15.2. The number of benzene rings is 1. The molecule has 1 aromatic carbocycles. The molecule has 0 bridgehead atoms. The van der Waals surface area contributed by atoms with Gasteiger partial charge in [0.15, 0.2) is 0 Å². The highest BCUT2D eigenvalue weighted by molar-refractivity contribution is 5.56. The van der Waals surface area contributed by atoms with Crippen LogP contribution in [-0.2, 0) is 13.0 Å². The molecule has 0 aromatic heterocycles. The first-order valence-electron chi connectivity index (χ1n) is 7.94. The Morgan fingerprint density at radius 2 is 2.20 bits per heavy atom. The van der Waals surface area contributed by atoms with Crippen LogP contribution in [0.4, 0.5) is 5.69 Å². The van der Waals surface area contributed by atoms with Gasteiger partial charge in [-0.15, -0.1) is 0 Å². The molecule has 2 aliphatic rings. The molecule has 0 radical (unpaired) electrons.